The second-order valence-electron chi connectivity index (χ2n) is 5.26. The first-order valence-electron chi connectivity index (χ1n) is 6.42. The Morgan fingerprint density at radius 1 is 1.33 bits per heavy atom. The zero-order valence-electron chi connectivity index (χ0n) is 10.6. The van der Waals surface area contributed by atoms with Gasteiger partial charge < -0.3 is 0 Å². The average molecular weight is 252 g/mol. The summed E-state index contributed by atoms with van der Waals surface area (Å²) in [4.78, 5) is 12.0. The largest absolute Gasteiger partial charge is 0.299 e. The lowest BCUT2D eigenvalue weighted by atomic mass is 9.82. The maximum Gasteiger partial charge on any atom is 0.248 e. The van der Waals surface area contributed by atoms with E-state index in [1.165, 1.54) is 0 Å². The normalized spacial score (nSPS) is 19.7. The van der Waals surface area contributed by atoms with Crippen LogP contribution in [0.1, 0.15) is 36.8 Å². The van der Waals surface area contributed by atoms with Crippen LogP contribution in [0.5, 0.6) is 0 Å². The van der Waals surface area contributed by atoms with Crippen LogP contribution in [0.2, 0.25) is 0 Å². The molecule has 2 rings (SSSR count). The molecule has 1 saturated carbocycles. The third-order valence-electron chi connectivity index (χ3n) is 3.63. The predicted octanol–water partition coefficient (Wildman–Crippen LogP) is 3.93. The lowest BCUT2D eigenvalue weighted by Gasteiger charge is -2.27. The molecule has 0 aromatic heterocycles. The second-order valence-corrected chi connectivity index (χ2v) is 5.26. The van der Waals surface area contributed by atoms with E-state index in [9.17, 15) is 13.6 Å². The molecule has 0 unspecified atom stereocenters. The van der Waals surface area contributed by atoms with Crippen molar-refractivity contribution < 1.29 is 13.6 Å². The van der Waals surface area contributed by atoms with Gasteiger partial charge in [-0.2, -0.15) is 0 Å². The van der Waals surface area contributed by atoms with Gasteiger partial charge >= 0.3 is 0 Å². The maximum absolute atomic E-state index is 13.0. The molecule has 0 N–H and O–H groups in total. The first-order valence-corrected chi connectivity index (χ1v) is 6.42. The van der Waals surface area contributed by atoms with Crippen LogP contribution in [0, 0.1) is 12.8 Å². The molecule has 3 heteroatoms. The highest BCUT2D eigenvalue weighted by molar-refractivity contribution is 5.83. The summed E-state index contributed by atoms with van der Waals surface area (Å²) in [5.74, 6) is -2.62. The molecular weight excluding hydrogens is 234 g/mol. The van der Waals surface area contributed by atoms with E-state index in [2.05, 4.69) is 0 Å². The van der Waals surface area contributed by atoms with E-state index in [1.807, 2.05) is 31.2 Å². The summed E-state index contributed by atoms with van der Waals surface area (Å²) in [6.07, 6.45) is 0.752. The molecule has 0 radical (unpaired) electrons. The summed E-state index contributed by atoms with van der Waals surface area (Å²) in [7, 11) is 0. The minimum absolute atomic E-state index is 0.108. The van der Waals surface area contributed by atoms with Crippen LogP contribution < -0.4 is 0 Å². The Labute approximate surface area is 106 Å². The van der Waals surface area contributed by atoms with E-state index >= 15 is 0 Å². The third kappa shape index (κ3) is 3.37. The Morgan fingerprint density at radius 2 is 2.00 bits per heavy atom. The van der Waals surface area contributed by atoms with Gasteiger partial charge in [0.25, 0.3) is 0 Å². The van der Waals surface area contributed by atoms with Crippen molar-refractivity contribution in [2.45, 2.75) is 45.0 Å². The fourth-order valence-electron chi connectivity index (χ4n) is 2.53. The summed E-state index contributed by atoms with van der Waals surface area (Å²) in [5.41, 5.74) is 2.10. The van der Waals surface area contributed by atoms with Crippen molar-refractivity contribution in [1.82, 2.24) is 0 Å². The van der Waals surface area contributed by atoms with E-state index in [1.54, 1.807) is 0 Å². The molecule has 18 heavy (non-hydrogen) atoms. The van der Waals surface area contributed by atoms with Crippen molar-refractivity contribution >= 4 is 5.78 Å². The van der Waals surface area contributed by atoms with Crippen LogP contribution in [0.15, 0.2) is 24.3 Å². The lowest BCUT2D eigenvalue weighted by molar-refractivity contribution is -0.126. The number of carbonyl (C=O) groups is 1. The molecule has 0 saturated heterocycles. The average Bonchev–Trinajstić information content (AvgIpc) is 2.28. The highest BCUT2D eigenvalue weighted by atomic mass is 19.3. The number of aryl methyl sites for hydroxylation is 1. The molecular formula is C15H18F2O. The predicted molar refractivity (Wildman–Crippen MR) is 66.8 cm³/mol. The standard InChI is InChI=1S/C15H18F2O/c1-11-3-2-4-12(9-11)10-14(18)13-5-7-15(16,17)8-6-13/h2-4,9,13H,5-8,10H2,1H3. The Balaban J connectivity index is 1.93. The number of ketones is 1. The van der Waals surface area contributed by atoms with Crippen molar-refractivity contribution in [3.8, 4) is 0 Å². The summed E-state index contributed by atoms with van der Waals surface area (Å²) in [6, 6.07) is 7.81. The molecule has 0 aliphatic heterocycles. The molecule has 1 aromatic carbocycles. The number of benzene rings is 1. The number of hydrogen-bond donors (Lipinski definition) is 0. The summed E-state index contributed by atoms with van der Waals surface area (Å²) >= 11 is 0. The van der Waals surface area contributed by atoms with E-state index < -0.39 is 5.92 Å². The topological polar surface area (TPSA) is 17.1 Å². The molecule has 0 spiro atoms. The molecule has 98 valence electrons. The van der Waals surface area contributed by atoms with Crippen molar-refractivity contribution in [2.24, 2.45) is 5.92 Å². The molecule has 1 aliphatic rings. The first-order chi connectivity index (χ1) is 8.46. The number of rotatable bonds is 3. The number of alkyl halides is 2. The van der Waals surface area contributed by atoms with Crippen LogP contribution in [-0.4, -0.2) is 11.7 Å². The first kappa shape index (κ1) is 13.2. The van der Waals surface area contributed by atoms with Crippen LogP contribution in [0.4, 0.5) is 8.78 Å². The minimum Gasteiger partial charge on any atom is -0.299 e. The molecule has 1 aliphatic carbocycles. The van der Waals surface area contributed by atoms with Gasteiger partial charge in [-0.05, 0) is 25.3 Å². The molecule has 0 bridgehead atoms. The number of Topliss-reactive ketones (excluding diaryl/α,β-unsaturated/α-hetero) is 1. The molecule has 0 amide bonds. The second kappa shape index (κ2) is 5.17. The van der Waals surface area contributed by atoms with Crippen molar-refractivity contribution in [1.29, 1.82) is 0 Å². The van der Waals surface area contributed by atoms with Crippen molar-refractivity contribution in [3.05, 3.63) is 35.4 Å². The van der Waals surface area contributed by atoms with Gasteiger partial charge in [-0.25, -0.2) is 8.78 Å². The summed E-state index contributed by atoms with van der Waals surface area (Å²) in [6.45, 7) is 1.98. The molecule has 0 atom stereocenters. The van der Waals surface area contributed by atoms with Crippen molar-refractivity contribution in [2.75, 3.05) is 0 Å². The Kier molecular flexibility index (Phi) is 3.79. The third-order valence-corrected chi connectivity index (χ3v) is 3.63. The van der Waals surface area contributed by atoms with Gasteiger partial charge in [0.2, 0.25) is 5.92 Å². The summed E-state index contributed by atoms with van der Waals surface area (Å²) < 4.78 is 26.0. The fraction of sp³-hybridized carbons (Fsp3) is 0.533. The van der Waals surface area contributed by atoms with Gasteiger partial charge in [0.1, 0.15) is 5.78 Å². The Morgan fingerprint density at radius 3 is 2.61 bits per heavy atom. The highest BCUT2D eigenvalue weighted by Gasteiger charge is 2.37. The lowest BCUT2D eigenvalue weighted by Crippen LogP contribution is -2.29. The molecule has 1 aromatic rings. The van der Waals surface area contributed by atoms with Crippen molar-refractivity contribution in [3.63, 3.8) is 0 Å². The molecule has 1 nitrogen and oxygen atoms in total. The SMILES string of the molecule is Cc1cccc(CC(=O)C2CCC(F)(F)CC2)c1. The number of carbonyl (C=O) groups excluding carboxylic acids is 1. The van der Waals surface area contributed by atoms with Crippen LogP contribution in [-0.2, 0) is 11.2 Å². The van der Waals surface area contributed by atoms with E-state index in [0.29, 0.717) is 19.3 Å². The minimum atomic E-state index is -2.56. The Hall–Kier alpha value is -1.25. The van der Waals surface area contributed by atoms with Gasteiger partial charge in [0.05, 0.1) is 0 Å². The number of halogens is 2. The van der Waals surface area contributed by atoms with Gasteiger partial charge in [0.15, 0.2) is 0 Å². The molecule has 0 heterocycles. The van der Waals surface area contributed by atoms with Crippen LogP contribution in [0.3, 0.4) is 0 Å². The van der Waals surface area contributed by atoms with Crippen LogP contribution in [0.25, 0.3) is 0 Å². The number of hydrogen-bond acceptors (Lipinski definition) is 1. The zero-order chi connectivity index (χ0) is 13.2. The van der Waals surface area contributed by atoms with E-state index in [-0.39, 0.29) is 24.5 Å². The maximum atomic E-state index is 13.0. The Bertz CT molecular complexity index is 430. The van der Waals surface area contributed by atoms with Gasteiger partial charge in [-0.3, -0.25) is 4.79 Å². The van der Waals surface area contributed by atoms with E-state index in [0.717, 1.165) is 11.1 Å². The summed E-state index contributed by atoms with van der Waals surface area (Å²) in [5, 5.41) is 0. The van der Waals surface area contributed by atoms with Crippen LogP contribution >= 0.6 is 0 Å². The monoisotopic (exact) mass is 252 g/mol. The quantitative estimate of drug-likeness (QED) is 0.796. The van der Waals surface area contributed by atoms with Gasteiger partial charge in [-0.15, -0.1) is 0 Å². The van der Waals surface area contributed by atoms with Gasteiger partial charge in [-0.1, -0.05) is 29.8 Å². The van der Waals surface area contributed by atoms with Gasteiger partial charge in [0, 0.05) is 25.2 Å². The fourth-order valence-corrected chi connectivity index (χ4v) is 2.53. The molecule has 1 fully saturated rings. The zero-order valence-corrected chi connectivity index (χ0v) is 10.6. The van der Waals surface area contributed by atoms with E-state index in [4.69, 9.17) is 0 Å². The highest BCUT2D eigenvalue weighted by Crippen LogP contribution is 2.36. The smallest absolute Gasteiger partial charge is 0.248 e.